The normalized spacial score (nSPS) is 17.8. The molecular weight excluding hydrogens is 375 g/mol. The first-order valence-electron chi connectivity index (χ1n) is 7.79. The maximum absolute atomic E-state index is 12.5. The number of halogens is 2. The molecule has 1 heterocycles. The minimum atomic E-state index is -0.107. The third kappa shape index (κ3) is 3.92. The molecular formula is C19H16Cl2N2OS. The first-order valence-corrected chi connectivity index (χ1v) is 9.36. The highest BCUT2D eigenvalue weighted by molar-refractivity contribution is 8.18. The molecule has 2 aromatic carbocycles. The van der Waals surface area contributed by atoms with Gasteiger partial charge in [-0.15, -0.1) is 0 Å². The van der Waals surface area contributed by atoms with Gasteiger partial charge in [-0.1, -0.05) is 54.4 Å². The number of aliphatic imine (C=N–C) groups is 1. The van der Waals surface area contributed by atoms with Crippen molar-refractivity contribution in [3.63, 3.8) is 0 Å². The molecule has 1 saturated heterocycles. The lowest BCUT2D eigenvalue weighted by Gasteiger charge is -2.07. The summed E-state index contributed by atoms with van der Waals surface area (Å²) in [6.45, 7) is 2.11. The van der Waals surface area contributed by atoms with Gasteiger partial charge in [-0.05, 0) is 53.6 Å². The van der Waals surface area contributed by atoms with Crippen molar-refractivity contribution in [3.05, 3.63) is 68.5 Å². The Hall–Kier alpha value is -1.75. The van der Waals surface area contributed by atoms with Crippen LogP contribution in [0.5, 0.6) is 0 Å². The molecule has 0 bridgehead atoms. The van der Waals surface area contributed by atoms with E-state index in [4.69, 9.17) is 23.2 Å². The maximum atomic E-state index is 12.5. The molecule has 128 valence electrons. The highest BCUT2D eigenvalue weighted by Gasteiger charge is 2.30. The van der Waals surface area contributed by atoms with E-state index in [1.807, 2.05) is 30.3 Å². The predicted molar refractivity (Wildman–Crippen MR) is 108 cm³/mol. The molecule has 0 N–H and O–H groups in total. The summed E-state index contributed by atoms with van der Waals surface area (Å²) in [7, 11) is 1.72. The number of benzene rings is 2. The minimum absolute atomic E-state index is 0.107. The fourth-order valence-electron chi connectivity index (χ4n) is 2.34. The monoisotopic (exact) mass is 390 g/mol. The summed E-state index contributed by atoms with van der Waals surface area (Å²) in [6, 6.07) is 13.4. The summed E-state index contributed by atoms with van der Waals surface area (Å²) < 4.78 is 0. The van der Waals surface area contributed by atoms with E-state index in [0.29, 0.717) is 25.7 Å². The summed E-state index contributed by atoms with van der Waals surface area (Å²) in [5.41, 5.74) is 2.79. The maximum Gasteiger partial charge on any atom is 0.266 e. The van der Waals surface area contributed by atoms with E-state index in [-0.39, 0.29) is 5.91 Å². The van der Waals surface area contributed by atoms with E-state index in [1.165, 1.54) is 17.3 Å². The largest absolute Gasteiger partial charge is 0.290 e. The number of aryl methyl sites for hydroxylation is 1. The van der Waals surface area contributed by atoms with Crippen LogP contribution in [0.25, 0.3) is 6.08 Å². The third-order valence-corrected chi connectivity index (χ3v) is 5.73. The number of rotatable bonds is 3. The molecule has 0 spiro atoms. The van der Waals surface area contributed by atoms with Crippen molar-refractivity contribution in [2.75, 3.05) is 7.05 Å². The van der Waals surface area contributed by atoms with Crippen LogP contribution < -0.4 is 0 Å². The average Bonchev–Trinajstić information content (AvgIpc) is 2.87. The first-order chi connectivity index (χ1) is 12.0. The van der Waals surface area contributed by atoms with Gasteiger partial charge in [0, 0.05) is 7.05 Å². The Bertz CT molecular complexity index is 875. The molecule has 6 heteroatoms. The second-order valence-electron chi connectivity index (χ2n) is 5.53. The molecule has 3 nitrogen and oxygen atoms in total. The fourth-order valence-corrected chi connectivity index (χ4v) is 3.68. The van der Waals surface area contributed by atoms with Gasteiger partial charge in [0.25, 0.3) is 5.91 Å². The molecule has 1 aliphatic rings. The number of hydrogen-bond acceptors (Lipinski definition) is 3. The first kappa shape index (κ1) is 18.1. The van der Waals surface area contributed by atoms with Crippen molar-refractivity contribution < 1.29 is 4.79 Å². The Morgan fingerprint density at radius 3 is 2.56 bits per heavy atom. The molecule has 25 heavy (non-hydrogen) atoms. The van der Waals surface area contributed by atoms with Crippen molar-refractivity contribution in [2.24, 2.45) is 4.99 Å². The van der Waals surface area contributed by atoms with Gasteiger partial charge in [-0.25, -0.2) is 4.99 Å². The molecule has 2 aromatic rings. The SMILES string of the molecule is CCc1ccc(N=C2S/C(=C\c3cccc(Cl)c3Cl)C(=O)N2C)cc1. The van der Waals surface area contributed by atoms with Crippen LogP contribution in [-0.2, 0) is 11.2 Å². The molecule has 0 aliphatic carbocycles. The zero-order valence-corrected chi connectivity index (χ0v) is 16.1. The number of carbonyl (C=O) groups excluding carboxylic acids is 1. The molecule has 1 aliphatic heterocycles. The van der Waals surface area contributed by atoms with Crippen molar-refractivity contribution in [2.45, 2.75) is 13.3 Å². The quantitative estimate of drug-likeness (QED) is 0.621. The zero-order chi connectivity index (χ0) is 18.0. The molecule has 0 unspecified atom stereocenters. The number of likely N-dealkylation sites (N-methyl/N-ethyl adjacent to an activating group) is 1. The van der Waals surface area contributed by atoms with E-state index >= 15 is 0 Å². The van der Waals surface area contributed by atoms with Crippen molar-refractivity contribution >= 4 is 57.8 Å². The summed E-state index contributed by atoms with van der Waals surface area (Å²) in [4.78, 5) is 19.2. The molecule has 0 aromatic heterocycles. The molecule has 0 radical (unpaired) electrons. The van der Waals surface area contributed by atoms with Gasteiger partial charge >= 0.3 is 0 Å². The van der Waals surface area contributed by atoms with Gasteiger partial charge in [0.15, 0.2) is 5.17 Å². The molecule has 0 atom stereocenters. The summed E-state index contributed by atoms with van der Waals surface area (Å²) in [5.74, 6) is -0.107. The lowest BCUT2D eigenvalue weighted by Crippen LogP contribution is -2.23. The number of carbonyl (C=O) groups is 1. The van der Waals surface area contributed by atoms with Crippen LogP contribution in [0, 0.1) is 0 Å². The minimum Gasteiger partial charge on any atom is -0.290 e. The molecule has 3 rings (SSSR count). The van der Waals surface area contributed by atoms with Gasteiger partial charge in [0.1, 0.15) is 0 Å². The van der Waals surface area contributed by atoms with Crippen LogP contribution in [-0.4, -0.2) is 23.0 Å². The summed E-state index contributed by atoms with van der Waals surface area (Å²) >= 11 is 13.6. The summed E-state index contributed by atoms with van der Waals surface area (Å²) in [6.07, 6.45) is 2.73. The number of amidine groups is 1. The molecule has 1 fully saturated rings. The molecule has 1 amide bonds. The second kappa shape index (κ2) is 7.65. The Morgan fingerprint density at radius 1 is 1.16 bits per heavy atom. The summed E-state index contributed by atoms with van der Waals surface area (Å²) in [5, 5.41) is 1.54. The molecule has 0 saturated carbocycles. The Kier molecular flexibility index (Phi) is 5.52. The van der Waals surface area contributed by atoms with Crippen molar-refractivity contribution in [3.8, 4) is 0 Å². The van der Waals surface area contributed by atoms with Gasteiger partial charge in [0.2, 0.25) is 0 Å². The van der Waals surface area contributed by atoms with Crippen LogP contribution in [0.1, 0.15) is 18.1 Å². The van der Waals surface area contributed by atoms with E-state index in [1.54, 1.807) is 30.2 Å². The van der Waals surface area contributed by atoms with Gasteiger partial charge in [-0.3, -0.25) is 9.69 Å². The Labute approximate surface area is 161 Å². The number of thioether (sulfide) groups is 1. The Balaban J connectivity index is 1.90. The zero-order valence-electron chi connectivity index (χ0n) is 13.8. The fraction of sp³-hybridized carbons (Fsp3) is 0.158. The van der Waals surface area contributed by atoms with E-state index in [2.05, 4.69) is 11.9 Å². The van der Waals surface area contributed by atoms with Gasteiger partial charge < -0.3 is 0 Å². The van der Waals surface area contributed by atoms with E-state index < -0.39 is 0 Å². The van der Waals surface area contributed by atoms with Crippen LogP contribution in [0.15, 0.2) is 52.4 Å². The van der Waals surface area contributed by atoms with Crippen LogP contribution >= 0.6 is 35.0 Å². The van der Waals surface area contributed by atoms with Crippen molar-refractivity contribution in [1.29, 1.82) is 0 Å². The average molecular weight is 391 g/mol. The second-order valence-corrected chi connectivity index (χ2v) is 7.33. The van der Waals surface area contributed by atoms with Gasteiger partial charge in [-0.2, -0.15) is 0 Å². The predicted octanol–water partition coefficient (Wildman–Crippen LogP) is 5.79. The number of nitrogens with zero attached hydrogens (tertiary/aromatic N) is 2. The van der Waals surface area contributed by atoms with Crippen LogP contribution in [0.2, 0.25) is 10.0 Å². The third-order valence-electron chi connectivity index (χ3n) is 3.84. The van der Waals surface area contributed by atoms with Crippen molar-refractivity contribution in [1.82, 2.24) is 4.90 Å². The van der Waals surface area contributed by atoms with Crippen LogP contribution in [0.4, 0.5) is 5.69 Å². The smallest absolute Gasteiger partial charge is 0.266 e. The lowest BCUT2D eigenvalue weighted by molar-refractivity contribution is -0.121. The standard InChI is InChI=1S/C19H16Cl2N2OS/c1-3-12-7-9-14(10-8-12)22-19-23(2)18(24)16(25-19)11-13-5-4-6-15(20)17(13)21/h4-11H,3H2,1-2H3/b16-11-,22-19?. The Morgan fingerprint density at radius 2 is 1.88 bits per heavy atom. The lowest BCUT2D eigenvalue weighted by atomic mass is 10.2. The van der Waals surface area contributed by atoms with E-state index in [0.717, 1.165) is 12.1 Å². The van der Waals surface area contributed by atoms with Gasteiger partial charge in [0.05, 0.1) is 20.6 Å². The number of hydrogen-bond donors (Lipinski definition) is 0. The van der Waals surface area contributed by atoms with E-state index in [9.17, 15) is 4.79 Å². The highest BCUT2D eigenvalue weighted by atomic mass is 35.5. The highest BCUT2D eigenvalue weighted by Crippen LogP contribution is 2.35. The topological polar surface area (TPSA) is 32.7 Å². The van der Waals surface area contributed by atoms with Crippen LogP contribution in [0.3, 0.4) is 0 Å². The number of amides is 1.